The third kappa shape index (κ3) is 3.99. The van der Waals surface area contributed by atoms with Crippen molar-refractivity contribution in [3.63, 3.8) is 0 Å². The smallest absolute Gasteiger partial charge is 0.119 e. The van der Waals surface area contributed by atoms with Crippen molar-refractivity contribution in [2.75, 3.05) is 13.2 Å². The normalized spacial score (nSPS) is 9.71. The average Bonchev–Trinajstić information content (AvgIpc) is 2.15. The topological polar surface area (TPSA) is 35.2 Å². The van der Waals surface area contributed by atoms with Gasteiger partial charge in [0.2, 0.25) is 0 Å². The summed E-state index contributed by atoms with van der Waals surface area (Å²) in [5, 5.41) is 0. The van der Waals surface area contributed by atoms with Gasteiger partial charge in [0.05, 0.1) is 0 Å². The molecule has 0 aliphatic rings. The molecule has 0 radical (unpaired) electrons. The van der Waals surface area contributed by atoms with E-state index in [2.05, 4.69) is 26.0 Å². The Morgan fingerprint density at radius 1 is 1.21 bits per heavy atom. The molecule has 1 aromatic carbocycles. The lowest BCUT2D eigenvalue weighted by Crippen LogP contribution is -2.10. The molecular formula is C11H18ClNO. The summed E-state index contributed by atoms with van der Waals surface area (Å²) < 4.78 is 5.36. The van der Waals surface area contributed by atoms with Crippen LogP contribution in [0, 0.1) is 0 Å². The Labute approximate surface area is 91.9 Å². The largest absolute Gasteiger partial charge is 0.492 e. The number of halogens is 1. The number of rotatable bonds is 4. The van der Waals surface area contributed by atoms with E-state index in [4.69, 9.17) is 10.5 Å². The molecule has 0 fully saturated rings. The van der Waals surface area contributed by atoms with E-state index in [0.717, 1.165) is 5.75 Å². The zero-order chi connectivity index (χ0) is 9.68. The molecule has 0 saturated heterocycles. The summed E-state index contributed by atoms with van der Waals surface area (Å²) in [6, 6.07) is 8.17. The third-order valence-electron chi connectivity index (χ3n) is 1.93. The Morgan fingerprint density at radius 2 is 1.79 bits per heavy atom. The molecule has 80 valence electrons. The second-order valence-electron chi connectivity index (χ2n) is 3.36. The Hall–Kier alpha value is -0.730. The number of benzene rings is 1. The number of hydrogen-bond donors (Lipinski definition) is 1. The van der Waals surface area contributed by atoms with Crippen molar-refractivity contribution >= 4 is 12.4 Å². The van der Waals surface area contributed by atoms with Gasteiger partial charge < -0.3 is 10.5 Å². The van der Waals surface area contributed by atoms with Gasteiger partial charge in [-0.05, 0) is 23.6 Å². The van der Waals surface area contributed by atoms with Crippen molar-refractivity contribution in [3.8, 4) is 5.75 Å². The van der Waals surface area contributed by atoms with Crippen LogP contribution in [0.4, 0.5) is 0 Å². The zero-order valence-corrected chi connectivity index (χ0v) is 9.51. The van der Waals surface area contributed by atoms with E-state index in [1.807, 2.05) is 12.1 Å². The first-order valence-corrected chi connectivity index (χ1v) is 4.67. The number of nitrogens with two attached hydrogens (primary N) is 1. The maximum absolute atomic E-state index is 5.36. The van der Waals surface area contributed by atoms with Crippen LogP contribution in [-0.4, -0.2) is 13.2 Å². The standard InChI is InChI=1S/C11H17NO.ClH/c1-9(2)10-3-5-11(6-4-10)13-8-7-12;/h3-6,9H,7-8,12H2,1-2H3;1H. The van der Waals surface area contributed by atoms with E-state index in [9.17, 15) is 0 Å². The van der Waals surface area contributed by atoms with Crippen LogP contribution in [0.5, 0.6) is 5.75 Å². The number of ether oxygens (including phenoxy) is 1. The molecule has 0 heterocycles. The minimum atomic E-state index is 0. The predicted octanol–water partition coefficient (Wildman–Crippen LogP) is 2.57. The fraction of sp³-hybridized carbons (Fsp3) is 0.455. The molecule has 0 amide bonds. The second-order valence-corrected chi connectivity index (χ2v) is 3.36. The van der Waals surface area contributed by atoms with E-state index in [1.165, 1.54) is 5.56 Å². The first-order chi connectivity index (χ1) is 6.24. The molecule has 0 unspecified atom stereocenters. The molecule has 0 aromatic heterocycles. The third-order valence-corrected chi connectivity index (χ3v) is 1.93. The van der Waals surface area contributed by atoms with Gasteiger partial charge in [-0.2, -0.15) is 0 Å². The van der Waals surface area contributed by atoms with Crippen LogP contribution in [0.25, 0.3) is 0 Å². The monoisotopic (exact) mass is 215 g/mol. The highest BCUT2D eigenvalue weighted by Gasteiger charge is 1.98. The van der Waals surface area contributed by atoms with Gasteiger partial charge in [-0.15, -0.1) is 12.4 Å². The molecule has 14 heavy (non-hydrogen) atoms. The summed E-state index contributed by atoms with van der Waals surface area (Å²) in [5.74, 6) is 1.47. The van der Waals surface area contributed by atoms with Crippen molar-refractivity contribution in [1.29, 1.82) is 0 Å². The molecule has 0 saturated carbocycles. The zero-order valence-electron chi connectivity index (χ0n) is 8.69. The van der Waals surface area contributed by atoms with Crippen molar-refractivity contribution < 1.29 is 4.74 Å². The van der Waals surface area contributed by atoms with Crippen LogP contribution in [0.1, 0.15) is 25.3 Å². The van der Waals surface area contributed by atoms with Gasteiger partial charge in [-0.3, -0.25) is 0 Å². The van der Waals surface area contributed by atoms with Crippen LogP contribution < -0.4 is 10.5 Å². The van der Waals surface area contributed by atoms with Gasteiger partial charge in [0.15, 0.2) is 0 Å². The molecule has 0 spiro atoms. The van der Waals surface area contributed by atoms with Gasteiger partial charge in [0.1, 0.15) is 12.4 Å². The Balaban J connectivity index is 0.00000169. The van der Waals surface area contributed by atoms with E-state index in [0.29, 0.717) is 19.1 Å². The van der Waals surface area contributed by atoms with Crippen LogP contribution in [0.3, 0.4) is 0 Å². The van der Waals surface area contributed by atoms with Crippen LogP contribution in [0.2, 0.25) is 0 Å². The highest BCUT2D eigenvalue weighted by molar-refractivity contribution is 5.85. The molecule has 0 atom stereocenters. The molecule has 0 aliphatic heterocycles. The summed E-state index contributed by atoms with van der Waals surface area (Å²) in [6.45, 7) is 5.50. The minimum Gasteiger partial charge on any atom is -0.492 e. The van der Waals surface area contributed by atoms with Gasteiger partial charge in [-0.25, -0.2) is 0 Å². The van der Waals surface area contributed by atoms with Gasteiger partial charge in [-0.1, -0.05) is 26.0 Å². The van der Waals surface area contributed by atoms with E-state index in [-0.39, 0.29) is 12.4 Å². The van der Waals surface area contributed by atoms with E-state index >= 15 is 0 Å². The summed E-state index contributed by atoms with van der Waals surface area (Å²) in [4.78, 5) is 0. The predicted molar refractivity (Wildman–Crippen MR) is 62.3 cm³/mol. The average molecular weight is 216 g/mol. The fourth-order valence-corrected chi connectivity index (χ4v) is 1.13. The van der Waals surface area contributed by atoms with Gasteiger partial charge >= 0.3 is 0 Å². The van der Waals surface area contributed by atoms with E-state index in [1.54, 1.807) is 0 Å². The Morgan fingerprint density at radius 3 is 2.21 bits per heavy atom. The fourth-order valence-electron chi connectivity index (χ4n) is 1.13. The summed E-state index contributed by atoms with van der Waals surface area (Å²) in [7, 11) is 0. The first-order valence-electron chi connectivity index (χ1n) is 4.67. The van der Waals surface area contributed by atoms with Crippen LogP contribution in [0.15, 0.2) is 24.3 Å². The SMILES string of the molecule is CC(C)c1ccc(OCCN)cc1.Cl. The molecule has 2 nitrogen and oxygen atoms in total. The van der Waals surface area contributed by atoms with Gasteiger partial charge in [0.25, 0.3) is 0 Å². The lowest BCUT2D eigenvalue weighted by molar-refractivity contribution is 0.328. The molecule has 1 aromatic rings. The molecule has 2 N–H and O–H groups in total. The minimum absolute atomic E-state index is 0. The lowest BCUT2D eigenvalue weighted by Gasteiger charge is -2.07. The molecule has 3 heteroatoms. The maximum atomic E-state index is 5.36. The highest BCUT2D eigenvalue weighted by Crippen LogP contribution is 2.18. The summed E-state index contributed by atoms with van der Waals surface area (Å²) in [6.07, 6.45) is 0. The lowest BCUT2D eigenvalue weighted by atomic mass is 10.0. The Bertz CT molecular complexity index is 246. The van der Waals surface area contributed by atoms with Crippen molar-refractivity contribution in [2.24, 2.45) is 5.73 Å². The molecule has 0 bridgehead atoms. The molecule has 1 rings (SSSR count). The van der Waals surface area contributed by atoms with Crippen molar-refractivity contribution in [3.05, 3.63) is 29.8 Å². The van der Waals surface area contributed by atoms with Gasteiger partial charge in [0, 0.05) is 6.54 Å². The first kappa shape index (κ1) is 13.3. The van der Waals surface area contributed by atoms with Crippen molar-refractivity contribution in [2.45, 2.75) is 19.8 Å². The maximum Gasteiger partial charge on any atom is 0.119 e. The molecule has 0 aliphatic carbocycles. The Kier molecular flexibility index (Phi) is 6.34. The quantitative estimate of drug-likeness (QED) is 0.838. The highest BCUT2D eigenvalue weighted by atomic mass is 35.5. The van der Waals surface area contributed by atoms with E-state index < -0.39 is 0 Å². The number of hydrogen-bond acceptors (Lipinski definition) is 2. The van der Waals surface area contributed by atoms with Crippen LogP contribution in [-0.2, 0) is 0 Å². The summed E-state index contributed by atoms with van der Waals surface area (Å²) >= 11 is 0. The summed E-state index contributed by atoms with van der Waals surface area (Å²) in [5.41, 5.74) is 6.66. The molecular weight excluding hydrogens is 198 g/mol. The van der Waals surface area contributed by atoms with Crippen LogP contribution >= 0.6 is 12.4 Å². The second kappa shape index (κ2) is 6.68. The van der Waals surface area contributed by atoms with Crippen molar-refractivity contribution in [1.82, 2.24) is 0 Å².